The van der Waals surface area contributed by atoms with Gasteiger partial charge in [-0.3, -0.25) is 4.79 Å². The minimum absolute atomic E-state index is 0.0560. The van der Waals surface area contributed by atoms with Crippen LogP contribution in [0.4, 0.5) is 0 Å². The molecule has 1 saturated carbocycles. The van der Waals surface area contributed by atoms with Gasteiger partial charge in [-0.05, 0) is 26.7 Å². The Morgan fingerprint density at radius 2 is 2.28 bits per heavy atom. The van der Waals surface area contributed by atoms with E-state index in [1.54, 1.807) is 6.92 Å². The van der Waals surface area contributed by atoms with E-state index in [2.05, 4.69) is 15.5 Å². The number of hydrogen-bond acceptors (Lipinski definition) is 5. The van der Waals surface area contributed by atoms with E-state index < -0.39 is 0 Å². The van der Waals surface area contributed by atoms with E-state index in [1.807, 2.05) is 6.92 Å². The number of carbonyl (C=O) groups is 1. The first kappa shape index (κ1) is 13.4. The Morgan fingerprint density at radius 1 is 1.56 bits per heavy atom. The van der Waals surface area contributed by atoms with Gasteiger partial charge in [0.1, 0.15) is 0 Å². The van der Waals surface area contributed by atoms with Crippen LogP contribution in [0.1, 0.15) is 49.6 Å². The summed E-state index contributed by atoms with van der Waals surface area (Å²) in [6.07, 6.45) is 4.70. The quantitative estimate of drug-likeness (QED) is 0.887. The average molecular weight is 269 g/mol. The Morgan fingerprint density at radius 3 is 2.89 bits per heavy atom. The lowest BCUT2D eigenvalue weighted by Crippen LogP contribution is -2.33. The SMILES string of the molecule is Cc1noc(C(C)SCC(=O)NC2CCCC2)n1. The molecule has 1 unspecified atom stereocenters. The maximum Gasteiger partial charge on any atom is 0.239 e. The van der Waals surface area contributed by atoms with Crippen molar-refractivity contribution in [1.82, 2.24) is 15.5 Å². The second-order valence-corrected chi connectivity index (χ2v) is 6.01. The molecule has 0 spiro atoms. The maximum absolute atomic E-state index is 11.7. The topological polar surface area (TPSA) is 68.0 Å². The van der Waals surface area contributed by atoms with Gasteiger partial charge in [0.15, 0.2) is 5.82 Å². The van der Waals surface area contributed by atoms with Crippen LogP contribution in [0.15, 0.2) is 4.52 Å². The number of nitrogens with one attached hydrogen (secondary N) is 1. The molecule has 1 heterocycles. The highest BCUT2D eigenvalue weighted by Gasteiger charge is 2.19. The summed E-state index contributed by atoms with van der Waals surface area (Å²) in [6, 6.07) is 0.388. The van der Waals surface area contributed by atoms with Crippen LogP contribution in [0, 0.1) is 6.92 Å². The van der Waals surface area contributed by atoms with Gasteiger partial charge in [-0.25, -0.2) is 0 Å². The third-order valence-corrected chi connectivity index (χ3v) is 4.21. The molecule has 1 aromatic rings. The number of aryl methyl sites for hydroxylation is 1. The average Bonchev–Trinajstić information content (AvgIpc) is 2.97. The highest BCUT2D eigenvalue weighted by molar-refractivity contribution is 8.00. The molecule has 0 aliphatic heterocycles. The van der Waals surface area contributed by atoms with Gasteiger partial charge in [0, 0.05) is 6.04 Å². The summed E-state index contributed by atoms with van der Waals surface area (Å²) in [6.45, 7) is 3.76. The van der Waals surface area contributed by atoms with Crippen LogP contribution in [0.5, 0.6) is 0 Å². The maximum atomic E-state index is 11.7. The van der Waals surface area contributed by atoms with Crippen molar-refractivity contribution in [2.45, 2.75) is 50.8 Å². The molecule has 1 aliphatic rings. The largest absolute Gasteiger partial charge is 0.353 e. The predicted octanol–water partition coefficient (Wildman–Crippen LogP) is 2.23. The fourth-order valence-electron chi connectivity index (χ4n) is 2.09. The number of rotatable bonds is 5. The van der Waals surface area contributed by atoms with Crippen LogP contribution in [0.2, 0.25) is 0 Å². The van der Waals surface area contributed by atoms with Gasteiger partial charge >= 0.3 is 0 Å². The number of carbonyl (C=O) groups excluding carboxylic acids is 1. The van der Waals surface area contributed by atoms with Gasteiger partial charge in [0.05, 0.1) is 11.0 Å². The molecule has 2 rings (SSSR count). The van der Waals surface area contributed by atoms with Crippen LogP contribution >= 0.6 is 11.8 Å². The molecule has 1 aliphatic carbocycles. The Kier molecular flexibility index (Phi) is 4.63. The van der Waals surface area contributed by atoms with Crippen molar-refractivity contribution in [2.24, 2.45) is 0 Å². The first-order valence-corrected chi connectivity index (χ1v) is 7.41. The van der Waals surface area contributed by atoms with Crippen molar-refractivity contribution < 1.29 is 9.32 Å². The third-order valence-electron chi connectivity index (χ3n) is 3.08. The van der Waals surface area contributed by atoms with E-state index in [9.17, 15) is 4.79 Å². The number of thioether (sulfide) groups is 1. The fraction of sp³-hybridized carbons (Fsp3) is 0.750. The standard InChI is InChI=1S/C12H19N3O2S/c1-8(12-13-9(2)15-17-12)18-7-11(16)14-10-5-3-4-6-10/h8,10H,3-7H2,1-2H3,(H,14,16). The van der Waals surface area contributed by atoms with Crippen molar-refractivity contribution in [3.8, 4) is 0 Å². The molecule has 5 nitrogen and oxygen atoms in total. The summed E-state index contributed by atoms with van der Waals surface area (Å²) in [4.78, 5) is 15.9. The molecule has 1 N–H and O–H groups in total. The van der Waals surface area contributed by atoms with E-state index >= 15 is 0 Å². The van der Waals surface area contributed by atoms with Crippen LogP contribution in [-0.2, 0) is 4.79 Å². The second-order valence-electron chi connectivity index (χ2n) is 4.68. The number of nitrogens with zero attached hydrogens (tertiary/aromatic N) is 2. The molecular weight excluding hydrogens is 250 g/mol. The molecule has 0 saturated heterocycles. The Labute approximate surface area is 111 Å². The van der Waals surface area contributed by atoms with Crippen LogP contribution in [-0.4, -0.2) is 27.8 Å². The smallest absolute Gasteiger partial charge is 0.239 e. The normalized spacial score (nSPS) is 17.9. The van der Waals surface area contributed by atoms with Gasteiger partial charge in [-0.15, -0.1) is 11.8 Å². The van der Waals surface area contributed by atoms with Crippen LogP contribution < -0.4 is 5.32 Å². The molecule has 0 bridgehead atoms. The molecule has 1 atom stereocenters. The number of amides is 1. The Hall–Kier alpha value is -1.04. The summed E-state index contributed by atoms with van der Waals surface area (Å²) in [5, 5.41) is 6.87. The molecule has 0 radical (unpaired) electrons. The number of aromatic nitrogens is 2. The molecule has 1 aromatic heterocycles. The summed E-state index contributed by atoms with van der Waals surface area (Å²) in [7, 11) is 0. The van der Waals surface area contributed by atoms with E-state index in [1.165, 1.54) is 24.6 Å². The second kappa shape index (κ2) is 6.22. The Balaban J connectivity index is 1.71. The van der Waals surface area contributed by atoms with Crippen LogP contribution in [0.3, 0.4) is 0 Å². The highest BCUT2D eigenvalue weighted by Crippen LogP contribution is 2.26. The first-order chi connectivity index (χ1) is 8.65. The molecule has 1 fully saturated rings. The van der Waals surface area contributed by atoms with Gasteiger partial charge in [-0.1, -0.05) is 18.0 Å². The zero-order chi connectivity index (χ0) is 13.0. The molecular formula is C12H19N3O2S. The zero-order valence-electron chi connectivity index (χ0n) is 10.8. The first-order valence-electron chi connectivity index (χ1n) is 6.36. The summed E-state index contributed by atoms with van der Waals surface area (Å²) >= 11 is 1.53. The molecule has 100 valence electrons. The summed E-state index contributed by atoms with van der Waals surface area (Å²) in [5.41, 5.74) is 0. The lowest BCUT2D eigenvalue weighted by atomic mass is 10.2. The van der Waals surface area contributed by atoms with Gasteiger partial charge in [0.2, 0.25) is 11.8 Å². The van der Waals surface area contributed by atoms with Gasteiger partial charge < -0.3 is 9.84 Å². The van der Waals surface area contributed by atoms with Crippen LogP contribution in [0.25, 0.3) is 0 Å². The van der Waals surface area contributed by atoms with Crippen molar-refractivity contribution in [3.05, 3.63) is 11.7 Å². The minimum Gasteiger partial charge on any atom is -0.353 e. The lowest BCUT2D eigenvalue weighted by Gasteiger charge is -2.12. The predicted molar refractivity (Wildman–Crippen MR) is 70.3 cm³/mol. The minimum atomic E-state index is 0.0560. The zero-order valence-corrected chi connectivity index (χ0v) is 11.6. The van der Waals surface area contributed by atoms with E-state index in [-0.39, 0.29) is 11.2 Å². The van der Waals surface area contributed by atoms with Crippen molar-refractivity contribution in [2.75, 3.05) is 5.75 Å². The van der Waals surface area contributed by atoms with E-state index in [0.717, 1.165) is 12.8 Å². The van der Waals surface area contributed by atoms with E-state index in [4.69, 9.17) is 4.52 Å². The summed E-state index contributed by atoms with van der Waals surface area (Å²) < 4.78 is 5.08. The van der Waals surface area contributed by atoms with Crippen molar-refractivity contribution in [1.29, 1.82) is 0 Å². The molecule has 1 amide bonds. The van der Waals surface area contributed by atoms with Gasteiger partial charge in [-0.2, -0.15) is 4.98 Å². The third kappa shape index (κ3) is 3.73. The molecule has 0 aromatic carbocycles. The molecule has 18 heavy (non-hydrogen) atoms. The molecule has 6 heteroatoms. The summed E-state index contributed by atoms with van der Waals surface area (Å²) in [5.74, 6) is 1.77. The van der Waals surface area contributed by atoms with Crippen molar-refractivity contribution in [3.63, 3.8) is 0 Å². The lowest BCUT2D eigenvalue weighted by molar-refractivity contribution is -0.119. The number of hydrogen-bond donors (Lipinski definition) is 1. The fourth-order valence-corrected chi connectivity index (χ4v) is 2.81. The highest BCUT2D eigenvalue weighted by atomic mass is 32.2. The Bertz CT molecular complexity index is 402. The van der Waals surface area contributed by atoms with Gasteiger partial charge in [0.25, 0.3) is 0 Å². The van der Waals surface area contributed by atoms with Crippen molar-refractivity contribution >= 4 is 17.7 Å². The van der Waals surface area contributed by atoms with E-state index in [0.29, 0.717) is 23.5 Å². The monoisotopic (exact) mass is 269 g/mol.